The van der Waals surface area contributed by atoms with Crippen LogP contribution in [0.25, 0.3) is 0 Å². The van der Waals surface area contributed by atoms with Gasteiger partial charge in [0.25, 0.3) is 0 Å². The van der Waals surface area contributed by atoms with Gasteiger partial charge < -0.3 is 10.1 Å². The molecule has 0 amide bonds. The van der Waals surface area contributed by atoms with Crippen molar-refractivity contribution >= 4 is 11.6 Å². The zero-order chi connectivity index (χ0) is 12.7. The zero-order valence-corrected chi connectivity index (χ0v) is 11.7. The Morgan fingerprint density at radius 2 is 2.18 bits per heavy atom. The molecule has 0 saturated heterocycles. The first-order valence-corrected chi connectivity index (χ1v) is 6.63. The van der Waals surface area contributed by atoms with E-state index in [2.05, 4.69) is 19.2 Å². The molecule has 0 aliphatic heterocycles. The highest BCUT2D eigenvalue weighted by atomic mass is 35.5. The molecule has 0 fully saturated rings. The highest BCUT2D eigenvalue weighted by Gasteiger charge is 2.01. The van der Waals surface area contributed by atoms with Gasteiger partial charge in [-0.2, -0.15) is 0 Å². The molecule has 0 spiro atoms. The maximum atomic E-state index is 5.89. The number of benzene rings is 1. The Bertz CT molecular complexity index is 341. The molecule has 1 aromatic rings. The Morgan fingerprint density at radius 1 is 1.41 bits per heavy atom. The van der Waals surface area contributed by atoms with E-state index in [1.165, 1.54) is 12.8 Å². The molecule has 0 heterocycles. The summed E-state index contributed by atoms with van der Waals surface area (Å²) in [7, 11) is 0. The molecule has 17 heavy (non-hydrogen) atoms. The largest absolute Gasteiger partial charge is 0.492 e. The fourth-order valence-corrected chi connectivity index (χ4v) is 2.00. The molecule has 0 saturated carbocycles. The van der Waals surface area contributed by atoms with E-state index in [1.54, 1.807) is 0 Å². The van der Waals surface area contributed by atoms with Crippen LogP contribution in [0.2, 0.25) is 5.02 Å². The minimum Gasteiger partial charge on any atom is -0.492 e. The Hall–Kier alpha value is -0.730. The number of halogens is 1. The fourth-order valence-electron chi connectivity index (χ4n) is 1.78. The summed E-state index contributed by atoms with van der Waals surface area (Å²) in [5.74, 6) is 0.916. The second kappa shape index (κ2) is 7.57. The lowest BCUT2D eigenvalue weighted by atomic mass is 10.2. The number of ether oxygens (including phenoxy) is 1. The molecule has 0 bridgehead atoms. The van der Waals surface area contributed by atoms with E-state index in [4.69, 9.17) is 16.3 Å². The van der Waals surface area contributed by atoms with Crippen LogP contribution >= 0.6 is 11.6 Å². The molecule has 0 aliphatic rings. The summed E-state index contributed by atoms with van der Waals surface area (Å²) in [6.45, 7) is 7.98. The van der Waals surface area contributed by atoms with E-state index in [1.807, 2.05) is 25.1 Å². The van der Waals surface area contributed by atoms with Crippen molar-refractivity contribution in [1.29, 1.82) is 0 Å². The summed E-state index contributed by atoms with van der Waals surface area (Å²) in [4.78, 5) is 0. The highest BCUT2D eigenvalue weighted by Crippen LogP contribution is 2.21. The van der Waals surface area contributed by atoms with Crippen LogP contribution in [0.15, 0.2) is 18.2 Å². The van der Waals surface area contributed by atoms with Gasteiger partial charge in [-0.15, -0.1) is 0 Å². The molecule has 1 unspecified atom stereocenters. The summed E-state index contributed by atoms with van der Waals surface area (Å²) in [6, 6.07) is 6.27. The van der Waals surface area contributed by atoms with Crippen LogP contribution in [0, 0.1) is 6.92 Å². The summed E-state index contributed by atoms with van der Waals surface area (Å²) in [5.41, 5.74) is 1.08. The minimum absolute atomic E-state index is 0.565. The van der Waals surface area contributed by atoms with Gasteiger partial charge in [0.2, 0.25) is 0 Å². The van der Waals surface area contributed by atoms with E-state index >= 15 is 0 Å². The Balaban J connectivity index is 2.26. The summed E-state index contributed by atoms with van der Waals surface area (Å²) in [5, 5.41) is 4.19. The minimum atomic E-state index is 0.565. The maximum Gasteiger partial charge on any atom is 0.122 e. The third-order valence-electron chi connectivity index (χ3n) is 2.71. The maximum absolute atomic E-state index is 5.89. The van der Waals surface area contributed by atoms with Gasteiger partial charge in [0, 0.05) is 17.6 Å². The van der Waals surface area contributed by atoms with Gasteiger partial charge in [0.05, 0.1) is 0 Å². The first-order chi connectivity index (χ1) is 8.13. The molecule has 0 aliphatic carbocycles. The smallest absolute Gasteiger partial charge is 0.122 e. The molecule has 0 aromatic heterocycles. The van der Waals surface area contributed by atoms with Crippen LogP contribution in [0.1, 0.15) is 32.3 Å². The Kier molecular flexibility index (Phi) is 6.38. The van der Waals surface area contributed by atoms with E-state index in [0.29, 0.717) is 12.6 Å². The van der Waals surface area contributed by atoms with Gasteiger partial charge in [0.15, 0.2) is 0 Å². The molecule has 1 aromatic carbocycles. The van der Waals surface area contributed by atoms with Crippen LogP contribution in [0.4, 0.5) is 0 Å². The molecule has 0 radical (unpaired) electrons. The van der Waals surface area contributed by atoms with E-state index in [9.17, 15) is 0 Å². The predicted octanol–water partition coefficient (Wildman–Crippen LogP) is 3.81. The average molecular weight is 256 g/mol. The second-order valence-corrected chi connectivity index (χ2v) is 4.84. The molecule has 1 N–H and O–H groups in total. The molecular weight excluding hydrogens is 234 g/mol. The quantitative estimate of drug-likeness (QED) is 0.749. The fraction of sp³-hybridized carbons (Fsp3) is 0.571. The van der Waals surface area contributed by atoms with Crippen LogP contribution in [-0.2, 0) is 0 Å². The van der Waals surface area contributed by atoms with Gasteiger partial charge in [-0.3, -0.25) is 0 Å². The van der Waals surface area contributed by atoms with Gasteiger partial charge >= 0.3 is 0 Å². The van der Waals surface area contributed by atoms with Crippen molar-refractivity contribution in [1.82, 2.24) is 5.32 Å². The first kappa shape index (κ1) is 14.3. The number of rotatable bonds is 7. The SMILES string of the molecule is CCCC(C)NCCOc1ccc(Cl)cc1C. The second-order valence-electron chi connectivity index (χ2n) is 4.40. The number of hydrogen-bond acceptors (Lipinski definition) is 2. The topological polar surface area (TPSA) is 21.3 Å². The van der Waals surface area contributed by atoms with E-state index in [0.717, 1.165) is 22.9 Å². The van der Waals surface area contributed by atoms with Gasteiger partial charge in [-0.05, 0) is 44.0 Å². The van der Waals surface area contributed by atoms with Crippen molar-refractivity contribution in [3.63, 3.8) is 0 Å². The molecule has 3 heteroatoms. The van der Waals surface area contributed by atoms with Crippen molar-refractivity contribution in [3.8, 4) is 5.75 Å². The van der Waals surface area contributed by atoms with Crippen molar-refractivity contribution in [2.24, 2.45) is 0 Å². The summed E-state index contributed by atoms with van der Waals surface area (Å²) >= 11 is 5.89. The Morgan fingerprint density at radius 3 is 2.82 bits per heavy atom. The van der Waals surface area contributed by atoms with Gasteiger partial charge in [0.1, 0.15) is 12.4 Å². The lowest BCUT2D eigenvalue weighted by Gasteiger charge is -2.14. The van der Waals surface area contributed by atoms with Crippen LogP contribution in [0.3, 0.4) is 0 Å². The highest BCUT2D eigenvalue weighted by molar-refractivity contribution is 6.30. The van der Waals surface area contributed by atoms with Crippen LogP contribution in [0.5, 0.6) is 5.75 Å². The Labute approximate surface area is 109 Å². The standard InChI is InChI=1S/C14H22ClNO/c1-4-5-12(3)16-8-9-17-14-7-6-13(15)10-11(14)2/h6-7,10,12,16H,4-5,8-9H2,1-3H3. The summed E-state index contributed by atoms with van der Waals surface area (Å²) in [6.07, 6.45) is 2.42. The van der Waals surface area contributed by atoms with Gasteiger partial charge in [-0.1, -0.05) is 24.9 Å². The lowest BCUT2D eigenvalue weighted by Crippen LogP contribution is -2.30. The predicted molar refractivity (Wildman–Crippen MR) is 74.1 cm³/mol. The molecule has 1 atom stereocenters. The van der Waals surface area contributed by atoms with Gasteiger partial charge in [-0.25, -0.2) is 0 Å². The lowest BCUT2D eigenvalue weighted by molar-refractivity contribution is 0.303. The van der Waals surface area contributed by atoms with Crippen molar-refractivity contribution in [2.45, 2.75) is 39.7 Å². The molecule has 96 valence electrons. The monoisotopic (exact) mass is 255 g/mol. The molecule has 2 nitrogen and oxygen atoms in total. The van der Waals surface area contributed by atoms with Crippen molar-refractivity contribution < 1.29 is 4.74 Å². The van der Waals surface area contributed by atoms with E-state index < -0.39 is 0 Å². The number of hydrogen-bond donors (Lipinski definition) is 1. The number of aryl methyl sites for hydroxylation is 1. The van der Waals surface area contributed by atoms with E-state index in [-0.39, 0.29) is 0 Å². The van der Waals surface area contributed by atoms with Crippen LogP contribution < -0.4 is 10.1 Å². The van der Waals surface area contributed by atoms with Crippen molar-refractivity contribution in [3.05, 3.63) is 28.8 Å². The molecule has 1 rings (SSSR count). The summed E-state index contributed by atoms with van der Waals surface area (Å²) < 4.78 is 5.70. The number of nitrogens with one attached hydrogen (secondary N) is 1. The first-order valence-electron chi connectivity index (χ1n) is 6.25. The average Bonchev–Trinajstić information content (AvgIpc) is 2.27. The van der Waals surface area contributed by atoms with Crippen LogP contribution in [-0.4, -0.2) is 19.2 Å². The zero-order valence-electron chi connectivity index (χ0n) is 10.9. The third-order valence-corrected chi connectivity index (χ3v) is 2.95. The van der Waals surface area contributed by atoms with Crippen molar-refractivity contribution in [2.75, 3.05) is 13.2 Å². The molecular formula is C14H22ClNO. The third kappa shape index (κ3) is 5.42. The normalized spacial score (nSPS) is 12.5.